The third-order valence-electron chi connectivity index (χ3n) is 3.86. The minimum atomic E-state index is -0.315. The van der Waals surface area contributed by atoms with Crippen molar-refractivity contribution in [1.82, 2.24) is 4.90 Å². The molecule has 1 saturated heterocycles. The molecule has 3 N–H and O–H groups in total. The van der Waals surface area contributed by atoms with Gasteiger partial charge in [-0.05, 0) is 18.1 Å². The molecule has 0 bridgehead atoms. The molecule has 0 atom stereocenters. The van der Waals surface area contributed by atoms with E-state index in [-0.39, 0.29) is 22.8 Å². The molecule has 104 valence electrons. The number of phenols is 1. The lowest BCUT2D eigenvalue weighted by molar-refractivity contribution is 0.0272. The molecule has 1 heterocycles. The molecule has 1 aliphatic rings. The molecule has 0 aromatic heterocycles. The van der Waals surface area contributed by atoms with Crippen molar-refractivity contribution >= 4 is 5.91 Å². The van der Waals surface area contributed by atoms with E-state index in [1.165, 1.54) is 7.11 Å². The van der Waals surface area contributed by atoms with Crippen molar-refractivity contribution in [3.8, 4) is 11.5 Å². The molecule has 1 aromatic carbocycles. The number of amides is 1. The van der Waals surface area contributed by atoms with Gasteiger partial charge in [-0.2, -0.15) is 0 Å². The number of aromatic hydroxyl groups is 1. The van der Waals surface area contributed by atoms with Crippen molar-refractivity contribution in [1.29, 1.82) is 0 Å². The van der Waals surface area contributed by atoms with Crippen molar-refractivity contribution in [2.45, 2.75) is 19.4 Å². The molecule has 1 aromatic rings. The Labute approximate surface area is 113 Å². The van der Waals surface area contributed by atoms with Gasteiger partial charge in [-0.25, -0.2) is 0 Å². The summed E-state index contributed by atoms with van der Waals surface area (Å²) in [6.07, 6.45) is 0. The van der Waals surface area contributed by atoms with Crippen LogP contribution in [0.3, 0.4) is 0 Å². The lowest BCUT2D eigenvalue weighted by Gasteiger charge is -2.50. The Hall–Kier alpha value is -1.75. The number of nitrogens with two attached hydrogens (primary N) is 1. The first kappa shape index (κ1) is 13.7. The monoisotopic (exact) mass is 264 g/mol. The first-order valence-corrected chi connectivity index (χ1v) is 6.33. The summed E-state index contributed by atoms with van der Waals surface area (Å²) >= 11 is 0. The van der Waals surface area contributed by atoms with Crippen LogP contribution in [0, 0.1) is 5.92 Å². The predicted molar refractivity (Wildman–Crippen MR) is 72.3 cm³/mol. The van der Waals surface area contributed by atoms with Crippen LogP contribution >= 0.6 is 0 Å². The van der Waals surface area contributed by atoms with E-state index in [9.17, 15) is 9.90 Å². The maximum absolute atomic E-state index is 12.3. The average molecular weight is 264 g/mol. The molecule has 0 spiro atoms. The fourth-order valence-electron chi connectivity index (χ4n) is 2.20. The van der Waals surface area contributed by atoms with Gasteiger partial charge in [0, 0.05) is 13.1 Å². The van der Waals surface area contributed by atoms with Gasteiger partial charge in [-0.1, -0.05) is 19.9 Å². The van der Waals surface area contributed by atoms with Gasteiger partial charge in [0.15, 0.2) is 11.5 Å². The quantitative estimate of drug-likeness (QED) is 0.860. The summed E-state index contributed by atoms with van der Waals surface area (Å²) in [6, 6.07) is 4.89. The van der Waals surface area contributed by atoms with Crippen molar-refractivity contribution < 1.29 is 14.6 Å². The Kier molecular flexibility index (Phi) is 3.41. The van der Waals surface area contributed by atoms with Crippen molar-refractivity contribution in [2.24, 2.45) is 11.7 Å². The molecule has 1 fully saturated rings. The van der Waals surface area contributed by atoms with Crippen LogP contribution in [0.2, 0.25) is 0 Å². The lowest BCUT2D eigenvalue weighted by atomic mass is 9.80. The minimum Gasteiger partial charge on any atom is -0.504 e. The van der Waals surface area contributed by atoms with Gasteiger partial charge >= 0.3 is 0 Å². The number of benzene rings is 1. The van der Waals surface area contributed by atoms with E-state index in [1.54, 1.807) is 23.1 Å². The van der Waals surface area contributed by atoms with Crippen LogP contribution in [0.5, 0.6) is 11.5 Å². The van der Waals surface area contributed by atoms with Gasteiger partial charge in [0.2, 0.25) is 0 Å². The largest absolute Gasteiger partial charge is 0.504 e. The Bertz CT molecular complexity index is 493. The van der Waals surface area contributed by atoms with Gasteiger partial charge in [0.1, 0.15) is 0 Å². The van der Waals surface area contributed by atoms with E-state index < -0.39 is 0 Å². The van der Waals surface area contributed by atoms with Crippen molar-refractivity contribution in [3.05, 3.63) is 23.8 Å². The Balaban J connectivity index is 2.15. The average Bonchev–Trinajstić information content (AvgIpc) is 2.34. The Morgan fingerprint density at radius 1 is 1.47 bits per heavy atom. The summed E-state index contributed by atoms with van der Waals surface area (Å²) < 4.78 is 5.00. The summed E-state index contributed by atoms with van der Waals surface area (Å²) in [7, 11) is 1.45. The Morgan fingerprint density at radius 2 is 2.11 bits per heavy atom. The van der Waals surface area contributed by atoms with E-state index in [4.69, 9.17) is 10.5 Å². The smallest absolute Gasteiger partial charge is 0.257 e. The van der Waals surface area contributed by atoms with E-state index in [1.807, 2.05) is 13.8 Å². The van der Waals surface area contributed by atoms with Crippen LogP contribution in [0.1, 0.15) is 24.2 Å². The number of carbonyl (C=O) groups excluding carboxylic acids is 1. The molecule has 5 nitrogen and oxygen atoms in total. The fourth-order valence-corrected chi connectivity index (χ4v) is 2.20. The molecule has 0 aliphatic carbocycles. The zero-order chi connectivity index (χ0) is 14.2. The standard InChI is InChI=1S/C14H20N2O3/c1-9(2)14(15)7-16(8-14)13(18)10-5-4-6-11(19-3)12(10)17/h4-6,9,17H,7-8,15H2,1-3H3. The van der Waals surface area contributed by atoms with E-state index in [2.05, 4.69) is 0 Å². The molecule has 1 aliphatic heterocycles. The van der Waals surface area contributed by atoms with E-state index in [0.29, 0.717) is 24.8 Å². The maximum atomic E-state index is 12.3. The molecule has 0 radical (unpaired) electrons. The van der Waals surface area contributed by atoms with Crippen LogP contribution in [0.4, 0.5) is 0 Å². The second-order valence-corrected chi connectivity index (χ2v) is 5.41. The van der Waals surface area contributed by atoms with Crippen LogP contribution in [0.25, 0.3) is 0 Å². The number of phenolic OH excluding ortho intramolecular Hbond substituents is 1. The number of likely N-dealkylation sites (tertiary alicyclic amines) is 1. The molecular weight excluding hydrogens is 244 g/mol. The first-order chi connectivity index (χ1) is 8.89. The van der Waals surface area contributed by atoms with Crippen LogP contribution < -0.4 is 10.5 Å². The van der Waals surface area contributed by atoms with E-state index in [0.717, 1.165) is 0 Å². The van der Waals surface area contributed by atoms with Crippen LogP contribution in [0.15, 0.2) is 18.2 Å². The third kappa shape index (κ3) is 2.26. The predicted octanol–water partition coefficient (Wildman–Crippen LogP) is 1.21. The molecule has 2 rings (SSSR count). The van der Waals surface area contributed by atoms with Crippen LogP contribution in [-0.4, -0.2) is 41.7 Å². The number of para-hydroxylation sites is 1. The van der Waals surface area contributed by atoms with Gasteiger partial charge in [-0.15, -0.1) is 0 Å². The minimum absolute atomic E-state index is 0.117. The zero-order valence-corrected chi connectivity index (χ0v) is 11.5. The highest BCUT2D eigenvalue weighted by Crippen LogP contribution is 2.33. The highest BCUT2D eigenvalue weighted by atomic mass is 16.5. The molecule has 19 heavy (non-hydrogen) atoms. The summed E-state index contributed by atoms with van der Waals surface area (Å²) in [6.45, 7) is 5.12. The number of hydrogen-bond acceptors (Lipinski definition) is 4. The lowest BCUT2D eigenvalue weighted by Crippen LogP contribution is -2.71. The third-order valence-corrected chi connectivity index (χ3v) is 3.86. The highest BCUT2D eigenvalue weighted by molar-refractivity contribution is 5.98. The second kappa shape index (κ2) is 4.74. The van der Waals surface area contributed by atoms with E-state index >= 15 is 0 Å². The van der Waals surface area contributed by atoms with Crippen molar-refractivity contribution in [2.75, 3.05) is 20.2 Å². The van der Waals surface area contributed by atoms with Gasteiger partial charge in [0.05, 0.1) is 18.2 Å². The summed E-state index contributed by atoms with van der Waals surface area (Å²) in [5.41, 5.74) is 6.10. The van der Waals surface area contributed by atoms with Gasteiger partial charge < -0.3 is 20.5 Å². The SMILES string of the molecule is COc1cccc(C(=O)N2CC(N)(C(C)C)C2)c1O. The molecule has 5 heteroatoms. The Morgan fingerprint density at radius 3 is 2.63 bits per heavy atom. The molecular formula is C14H20N2O3. The first-order valence-electron chi connectivity index (χ1n) is 6.33. The number of carbonyl (C=O) groups is 1. The number of ether oxygens (including phenoxy) is 1. The zero-order valence-electron chi connectivity index (χ0n) is 11.5. The fraction of sp³-hybridized carbons (Fsp3) is 0.500. The maximum Gasteiger partial charge on any atom is 0.257 e. The number of nitrogens with zero attached hydrogens (tertiary/aromatic N) is 1. The second-order valence-electron chi connectivity index (χ2n) is 5.41. The molecule has 0 unspecified atom stereocenters. The summed E-state index contributed by atoms with van der Waals surface area (Å²) in [5.74, 6) is 0.289. The van der Waals surface area contributed by atoms with Crippen molar-refractivity contribution in [3.63, 3.8) is 0 Å². The summed E-state index contributed by atoms with van der Waals surface area (Å²) in [5, 5.41) is 9.96. The number of methoxy groups -OCH3 is 1. The topological polar surface area (TPSA) is 75.8 Å². The van der Waals surface area contributed by atoms with Gasteiger partial charge in [-0.3, -0.25) is 4.79 Å². The number of hydrogen-bond donors (Lipinski definition) is 2. The van der Waals surface area contributed by atoms with Crippen LogP contribution in [-0.2, 0) is 0 Å². The summed E-state index contributed by atoms with van der Waals surface area (Å²) in [4.78, 5) is 13.9. The normalized spacial score (nSPS) is 17.2. The van der Waals surface area contributed by atoms with Gasteiger partial charge in [0.25, 0.3) is 5.91 Å². The molecule has 0 saturated carbocycles. The highest BCUT2D eigenvalue weighted by Gasteiger charge is 2.44. The number of rotatable bonds is 3. The molecule has 1 amide bonds.